The van der Waals surface area contributed by atoms with E-state index in [1.807, 2.05) is 20.8 Å². The Balaban J connectivity index is 2.09. The minimum absolute atomic E-state index is 0.00601. The summed E-state index contributed by atoms with van der Waals surface area (Å²) in [6, 6.07) is 0. The van der Waals surface area contributed by atoms with Gasteiger partial charge in [-0.15, -0.1) is 11.3 Å². The number of fused-ring (bicyclic) bond motifs is 1. The van der Waals surface area contributed by atoms with Crippen LogP contribution in [0.25, 0.3) is 10.2 Å². The minimum Gasteiger partial charge on any atom is -0.397 e. The number of carbonyl (C=O) groups is 1. The lowest BCUT2D eigenvalue weighted by Crippen LogP contribution is -2.40. The van der Waals surface area contributed by atoms with E-state index in [0.29, 0.717) is 36.9 Å². The van der Waals surface area contributed by atoms with Crippen LogP contribution in [0.3, 0.4) is 0 Å². The molecule has 0 aromatic carbocycles. The first-order valence-corrected chi connectivity index (χ1v) is 7.85. The van der Waals surface area contributed by atoms with Crippen molar-refractivity contribution in [1.29, 1.82) is 0 Å². The topological polar surface area (TPSA) is 68.5 Å². The lowest BCUT2D eigenvalue weighted by atomic mass is 10.1. The minimum atomic E-state index is -0.00601. The third-order valence-electron chi connectivity index (χ3n) is 4.17. The monoisotopic (exact) mass is 305 g/mol. The number of aryl methyl sites for hydroxylation is 2. The lowest BCUT2D eigenvalue weighted by molar-refractivity contribution is 0.0307. The summed E-state index contributed by atoms with van der Waals surface area (Å²) in [4.78, 5) is 20.5. The molecule has 2 N–H and O–H groups in total. The van der Waals surface area contributed by atoms with Crippen molar-refractivity contribution < 1.29 is 9.53 Å². The van der Waals surface area contributed by atoms with Gasteiger partial charge in [0.25, 0.3) is 5.91 Å². The molecular weight excluding hydrogens is 286 g/mol. The highest BCUT2D eigenvalue weighted by atomic mass is 32.1. The molecule has 1 aliphatic rings. The number of nitrogen functional groups attached to an aromatic ring is 1. The highest BCUT2D eigenvalue weighted by Crippen LogP contribution is 2.37. The SMILES string of the molecule is Cc1nc2sc(C(=O)N3CCOCC3)c(N)c2c(C)c1C. The highest BCUT2D eigenvalue weighted by Gasteiger charge is 2.25. The standard InChI is InChI=1S/C15H19N3O2S/c1-8-9(2)11-12(16)13(21-14(11)17-10(8)3)15(19)18-4-6-20-7-5-18/h4-7,16H2,1-3H3. The summed E-state index contributed by atoms with van der Waals surface area (Å²) in [6.45, 7) is 8.49. The molecule has 6 heteroatoms. The predicted octanol–water partition coefficient (Wildman–Crippen LogP) is 2.28. The number of anilines is 1. The summed E-state index contributed by atoms with van der Waals surface area (Å²) in [5.41, 5.74) is 10.1. The molecule has 1 saturated heterocycles. The molecule has 5 nitrogen and oxygen atoms in total. The van der Waals surface area contributed by atoms with Gasteiger partial charge in [-0.25, -0.2) is 4.98 Å². The number of thiophene rings is 1. The Bertz CT molecular complexity index is 718. The van der Waals surface area contributed by atoms with Crippen molar-refractivity contribution in [1.82, 2.24) is 9.88 Å². The van der Waals surface area contributed by atoms with E-state index in [-0.39, 0.29) is 5.91 Å². The number of nitrogens with zero attached hydrogens (tertiary/aromatic N) is 2. The summed E-state index contributed by atoms with van der Waals surface area (Å²) in [5.74, 6) is -0.00601. The Kier molecular flexibility index (Phi) is 3.59. The van der Waals surface area contributed by atoms with Crippen LogP contribution in [0.4, 0.5) is 5.69 Å². The van der Waals surface area contributed by atoms with Gasteiger partial charge >= 0.3 is 0 Å². The third kappa shape index (κ3) is 2.28. The van der Waals surface area contributed by atoms with Crippen LogP contribution in [0.1, 0.15) is 26.5 Å². The van der Waals surface area contributed by atoms with Gasteiger partial charge < -0.3 is 15.4 Å². The molecule has 3 heterocycles. The molecule has 112 valence electrons. The molecule has 0 radical (unpaired) electrons. The zero-order chi connectivity index (χ0) is 15.1. The van der Waals surface area contributed by atoms with E-state index in [4.69, 9.17) is 10.5 Å². The second-order valence-electron chi connectivity index (χ2n) is 5.38. The quantitative estimate of drug-likeness (QED) is 0.877. The summed E-state index contributed by atoms with van der Waals surface area (Å²) in [6.07, 6.45) is 0. The number of hydrogen-bond donors (Lipinski definition) is 1. The van der Waals surface area contributed by atoms with E-state index in [2.05, 4.69) is 4.98 Å². The normalized spacial score (nSPS) is 15.7. The Morgan fingerprint density at radius 1 is 1.24 bits per heavy atom. The molecule has 0 spiro atoms. The van der Waals surface area contributed by atoms with E-state index in [1.54, 1.807) is 4.90 Å². The maximum Gasteiger partial charge on any atom is 0.266 e. The average molecular weight is 305 g/mol. The van der Waals surface area contributed by atoms with E-state index in [1.165, 1.54) is 11.3 Å². The molecule has 1 fully saturated rings. The summed E-state index contributed by atoms with van der Waals surface area (Å²) >= 11 is 1.39. The maximum absolute atomic E-state index is 12.6. The first-order chi connectivity index (χ1) is 10.0. The third-order valence-corrected chi connectivity index (χ3v) is 5.26. The Labute approximate surface area is 127 Å². The highest BCUT2D eigenvalue weighted by molar-refractivity contribution is 7.21. The number of hydrogen-bond acceptors (Lipinski definition) is 5. The average Bonchev–Trinajstić information content (AvgIpc) is 2.82. The second-order valence-corrected chi connectivity index (χ2v) is 6.38. The first-order valence-electron chi connectivity index (χ1n) is 7.03. The first kappa shape index (κ1) is 14.3. The molecule has 0 unspecified atom stereocenters. The largest absolute Gasteiger partial charge is 0.397 e. The van der Waals surface area contributed by atoms with E-state index >= 15 is 0 Å². The van der Waals surface area contributed by atoms with Crippen molar-refractivity contribution in [3.8, 4) is 0 Å². The molecule has 2 aromatic rings. The van der Waals surface area contributed by atoms with Gasteiger partial charge in [0, 0.05) is 24.2 Å². The Morgan fingerprint density at radius 2 is 1.90 bits per heavy atom. The van der Waals surface area contributed by atoms with Crippen molar-refractivity contribution >= 4 is 33.1 Å². The van der Waals surface area contributed by atoms with E-state index in [9.17, 15) is 4.79 Å². The van der Waals surface area contributed by atoms with Crippen LogP contribution in [0.5, 0.6) is 0 Å². The van der Waals surface area contributed by atoms with E-state index < -0.39 is 0 Å². The van der Waals surface area contributed by atoms with Crippen molar-refractivity contribution in [3.05, 3.63) is 21.7 Å². The van der Waals surface area contributed by atoms with Gasteiger partial charge in [0.05, 0.1) is 18.9 Å². The maximum atomic E-state index is 12.6. The van der Waals surface area contributed by atoms with Gasteiger partial charge in [0.1, 0.15) is 9.71 Å². The van der Waals surface area contributed by atoms with Crippen LogP contribution in [0, 0.1) is 20.8 Å². The fourth-order valence-corrected chi connectivity index (χ4v) is 3.81. The van der Waals surface area contributed by atoms with Gasteiger partial charge in [-0.3, -0.25) is 4.79 Å². The summed E-state index contributed by atoms with van der Waals surface area (Å²) < 4.78 is 5.29. The number of carbonyl (C=O) groups excluding carboxylic acids is 1. The van der Waals surface area contributed by atoms with Crippen molar-refractivity contribution in [2.75, 3.05) is 32.0 Å². The molecule has 21 heavy (non-hydrogen) atoms. The summed E-state index contributed by atoms with van der Waals surface area (Å²) in [5, 5.41) is 0.930. The van der Waals surface area contributed by atoms with Crippen LogP contribution in [0.15, 0.2) is 0 Å². The zero-order valence-corrected chi connectivity index (χ0v) is 13.3. The molecule has 1 aliphatic heterocycles. The molecule has 3 rings (SSSR count). The molecule has 0 atom stereocenters. The Morgan fingerprint density at radius 3 is 2.57 bits per heavy atom. The van der Waals surface area contributed by atoms with Gasteiger partial charge in [-0.05, 0) is 31.9 Å². The summed E-state index contributed by atoms with van der Waals surface area (Å²) in [7, 11) is 0. The number of rotatable bonds is 1. The van der Waals surface area contributed by atoms with Gasteiger partial charge in [-0.2, -0.15) is 0 Å². The van der Waals surface area contributed by atoms with E-state index in [0.717, 1.165) is 27.0 Å². The number of morpholine rings is 1. The number of nitrogens with two attached hydrogens (primary N) is 1. The van der Waals surface area contributed by atoms with Gasteiger partial charge in [0.2, 0.25) is 0 Å². The van der Waals surface area contributed by atoms with Crippen LogP contribution in [0.2, 0.25) is 0 Å². The van der Waals surface area contributed by atoms with Gasteiger partial charge in [-0.1, -0.05) is 0 Å². The smallest absolute Gasteiger partial charge is 0.266 e. The molecule has 2 aromatic heterocycles. The van der Waals surface area contributed by atoms with Gasteiger partial charge in [0.15, 0.2) is 0 Å². The van der Waals surface area contributed by atoms with Crippen molar-refractivity contribution in [3.63, 3.8) is 0 Å². The van der Waals surface area contributed by atoms with Crippen molar-refractivity contribution in [2.45, 2.75) is 20.8 Å². The molecule has 0 aliphatic carbocycles. The van der Waals surface area contributed by atoms with Crippen LogP contribution < -0.4 is 5.73 Å². The second kappa shape index (κ2) is 5.27. The zero-order valence-electron chi connectivity index (χ0n) is 12.5. The van der Waals surface area contributed by atoms with Crippen LogP contribution >= 0.6 is 11.3 Å². The number of ether oxygens (including phenoxy) is 1. The van der Waals surface area contributed by atoms with Crippen LogP contribution in [-0.2, 0) is 4.74 Å². The predicted molar refractivity (Wildman–Crippen MR) is 85.0 cm³/mol. The number of amides is 1. The Hall–Kier alpha value is -1.66. The molecule has 0 bridgehead atoms. The number of pyridine rings is 1. The fourth-order valence-electron chi connectivity index (χ4n) is 2.64. The van der Waals surface area contributed by atoms with Crippen molar-refractivity contribution in [2.24, 2.45) is 0 Å². The van der Waals surface area contributed by atoms with Crippen LogP contribution in [-0.4, -0.2) is 42.1 Å². The molecular formula is C15H19N3O2S. The number of aromatic nitrogens is 1. The molecule has 0 saturated carbocycles. The molecule has 1 amide bonds. The lowest BCUT2D eigenvalue weighted by Gasteiger charge is -2.26. The fraction of sp³-hybridized carbons (Fsp3) is 0.467.